The molecule has 1 atom stereocenters. The van der Waals surface area contributed by atoms with Crippen molar-refractivity contribution in [3.8, 4) is 0 Å². The van der Waals surface area contributed by atoms with E-state index >= 15 is 0 Å². The molecule has 0 fully saturated rings. The van der Waals surface area contributed by atoms with Gasteiger partial charge in [0.1, 0.15) is 0 Å². The van der Waals surface area contributed by atoms with Crippen LogP contribution in [0.25, 0.3) is 0 Å². The van der Waals surface area contributed by atoms with E-state index in [2.05, 4.69) is 5.32 Å². The van der Waals surface area contributed by atoms with E-state index in [1.165, 1.54) is 12.1 Å². The highest BCUT2D eigenvalue weighted by molar-refractivity contribution is 5.31. The molecule has 3 nitrogen and oxygen atoms in total. The minimum atomic E-state index is -4.33. The monoisotopic (exact) mass is 291 g/mol. The second kappa shape index (κ2) is 8.24. The number of hydrogen-bond donors (Lipinski definition) is 1. The quantitative estimate of drug-likeness (QED) is 0.747. The lowest BCUT2D eigenvalue weighted by molar-refractivity contribution is -0.138. The highest BCUT2D eigenvalue weighted by atomic mass is 19.4. The predicted molar refractivity (Wildman–Crippen MR) is 70.6 cm³/mol. The van der Waals surface area contributed by atoms with E-state index in [-0.39, 0.29) is 11.6 Å². The molecule has 0 saturated heterocycles. The van der Waals surface area contributed by atoms with Crippen molar-refractivity contribution in [3.63, 3.8) is 0 Å². The van der Waals surface area contributed by atoms with Crippen molar-refractivity contribution in [1.82, 2.24) is 5.32 Å². The largest absolute Gasteiger partial charge is 0.416 e. The summed E-state index contributed by atoms with van der Waals surface area (Å²) in [5.41, 5.74) is -0.350. The molecule has 0 aliphatic carbocycles. The first kappa shape index (κ1) is 16.9. The SMILES string of the molecule is COCCOCCNC(C)c1ccccc1C(F)(F)F. The minimum Gasteiger partial charge on any atom is -0.382 e. The van der Waals surface area contributed by atoms with Gasteiger partial charge in [0.15, 0.2) is 0 Å². The standard InChI is InChI=1S/C14H20F3NO2/c1-11(18-7-8-20-10-9-19-2)12-5-3-4-6-13(12)14(15,16)17/h3-6,11,18H,7-10H2,1-2H3. The molecule has 0 radical (unpaired) electrons. The summed E-state index contributed by atoms with van der Waals surface area (Å²) >= 11 is 0. The summed E-state index contributed by atoms with van der Waals surface area (Å²) in [5, 5.41) is 3.02. The molecule has 1 aromatic rings. The van der Waals surface area contributed by atoms with E-state index in [0.717, 1.165) is 6.07 Å². The molecule has 0 aliphatic heterocycles. The minimum absolute atomic E-state index is 0.247. The summed E-state index contributed by atoms with van der Waals surface area (Å²) in [4.78, 5) is 0. The summed E-state index contributed by atoms with van der Waals surface area (Å²) in [6.07, 6.45) is -4.33. The summed E-state index contributed by atoms with van der Waals surface area (Å²) < 4.78 is 48.7. The number of hydrogen-bond acceptors (Lipinski definition) is 3. The third-order valence-corrected chi connectivity index (χ3v) is 2.86. The highest BCUT2D eigenvalue weighted by Crippen LogP contribution is 2.34. The van der Waals surface area contributed by atoms with Gasteiger partial charge < -0.3 is 14.8 Å². The lowest BCUT2D eigenvalue weighted by atomic mass is 10.0. The molecule has 1 aromatic carbocycles. The van der Waals surface area contributed by atoms with Crippen LogP contribution in [0.15, 0.2) is 24.3 Å². The zero-order chi connectivity index (χ0) is 15.0. The number of halogens is 3. The Morgan fingerprint density at radius 3 is 2.50 bits per heavy atom. The van der Waals surface area contributed by atoms with Crippen LogP contribution >= 0.6 is 0 Å². The second-order valence-corrected chi connectivity index (χ2v) is 4.37. The summed E-state index contributed by atoms with van der Waals surface area (Å²) in [6.45, 7) is 3.61. The maximum Gasteiger partial charge on any atom is 0.416 e. The summed E-state index contributed by atoms with van der Waals surface area (Å²) in [7, 11) is 1.58. The number of benzene rings is 1. The van der Waals surface area contributed by atoms with Crippen molar-refractivity contribution in [2.24, 2.45) is 0 Å². The van der Waals surface area contributed by atoms with Gasteiger partial charge >= 0.3 is 6.18 Å². The Morgan fingerprint density at radius 2 is 1.85 bits per heavy atom. The molecule has 0 amide bonds. The lowest BCUT2D eigenvalue weighted by Gasteiger charge is -2.19. The van der Waals surface area contributed by atoms with Gasteiger partial charge in [-0.1, -0.05) is 18.2 Å². The van der Waals surface area contributed by atoms with Crippen molar-refractivity contribution in [2.45, 2.75) is 19.1 Å². The van der Waals surface area contributed by atoms with Crippen LogP contribution in [0.3, 0.4) is 0 Å². The highest BCUT2D eigenvalue weighted by Gasteiger charge is 2.33. The molecule has 114 valence electrons. The molecule has 1 unspecified atom stereocenters. The second-order valence-electron chi connectivity index (χ2n) is 4.37. The average Bonchev–Trinajstić information content (AvgIpc) is 2.41. The van der Waals surface area contributed by atoms with E-state index in [0.29, 0.717) is 26.4 Å². The Kier molecular flexibility index (Phi) is 6.98. The fourth-order valence-corrected chi connectivity index (χ4v) is 1.83. The zero-order valence-electron chi connectivity index (χ0n) is 11.7. The van der Waals surface area contributed by atoms with Crippen LogP contribution in [-0.2, 0) is 15.7 Å². The van der Waals surface area contributed by atoms with Gasteiger partial charge in [0.2, 0.25) is 0 Å². The maximum absolute atomic E-state index is 12.9. The Morgan fingerprint density at radius 1 is 1.15 bits per heavy atom. The number of methoxy groups -OCH3 is 1. The van der Waals surface area contributed by atoms with Gasteiger partial charge in [0, 0.05) is 19.7 Å². The third kappa shape index (κ3) is 5.48. The Bertz CT molecular complexity index is 396. The Hall–Kier alpha value is -1.11. The van der Waals surface area contributed by atoms with Gasteiger partial charge in [-0.3, -0.25) is 0 Å². The van der Waals surface area contributed by atoms with Crippen LogP contribution in [0.5, 0.6) is 0 Å². The van der Waals surface area contributed by atoms with Crippen molar-refractivity contribution >= 4 is 0 Å². The summed E-state index contributed by atoms with van der Waals surface area (Å²) in [5.74, 6) is 0. The molecule has 0 heterocycles. The molecule has 0 saturated carbocycles. The first-order chi connectivity index (χ1) is 9.46. The number of rotatable bonds is 8. The van der Waals surface area contributed by atoms with Gasteiger partial charge in [0.05, 0.1) is 25.4 Å². The summed E-state index contributed by atoms with van der Waals surface area (Å²) in [6, 6.07) is 5.21. The topological polar surface area (TPSA) is 30.5 Å². The molecule has 0 aliphatic rings. The molecule has 0 bridgehead atoms. The molecule has 6 heteroatoms. The van der Waals surface area contributed by atoms with E-state index in [1.807, 2.05) is 0 Å². The van der Waals surface area contributed by atoms with E-state index in [4.69, 9.17) is 9.47 Å². The van der Waals surface area contributed by atoms with Crippen molar-refractivity contribution in [3.05, 3.63) is 35.4 Å². The fraction of sp³-hybridized carbons (Fsp3) is 0.571. The normalized spacial score (nSPS) is 13.4. The number of nitrogens with one attached hydrogen (secondary N) is 1. The van der Waals surface area contributed by atoms with Gasteiger partial charge in [-0.05, 0) is 18.6 Å². The molecular formula is C14H20F3NO2. The zero-order valence-corrected chi connectivity index (χ0v) is 11.7. The average molecular weight is 291 g/mol. The smallest absolute Gasteiger partial charge is 0.382 e. The predicted octanol–water partition coefficient (Wildman–Crippen LogP) is 3.02. The van der Waals surface area contributed by atoms with Crippen LogP contribution in [0.4, 0.5) is 13.2 Å². The Balaban J connectivity index is 2.49. The lowest BCUT2D eigenvalue weighted by Crippen LogP contribution is -2.25. The molecular weight excluding hydrogens is 271 g/mol. The van der Waals surface area contributed by atoms with Crippen LogP contribution in [-0.4, -0.2) is 33.5 Å². The van der Waals surface area contributed by atoms with Crippen molar-refractivity contribution < 1.29 is 22.6 Å². The molecule has 0 aromatic heterocycles. The van der Waals surface area contributed by atoms with Crippen LogP contribution in [0, 0.1) is 0 Å². The van der Waals surface area contributed by atoms with Crippen molar-refractivity contribution in [2.75, 3.05) is 33.5 Å². The first-order valence-corrected chi connectivity index (χ1v) is 6.43. The molecule has 1 N–H and O–H groups in total. The van der Waals surface area contributed by atoms with Gasteiger partial charge in [-0.2, -0.15) is 13.2 Å². The molecule has 0 spiro atoms. The van der Waals surface area contributed by atoms with Gasteiger partial charge in [-0.25, -0.2) is 0 Å². The molecule has 1 rings (SSSR count). The third-order valence-electron chi connectivity index (χ3n) is 2.86. The van der Waals surface area contributed by atoms with Gasteiger partial charge in [0.25, 0.3) is 0 Å². The van der Waals surface area contributed by atoms with Crippen LogP contribution in [0.2, 0.25) is 0 Å². The molecule has 20 heavy (non-hydrogen) atoms. The maximum atomic E-state index is 12.9. The fourth-order valence-electron chi connectivity index (χ4n) is 1.83. The van der Waals surface area contributed by atoms with E-state index in [1.54, 1.807) is 20.1 Å². The van der Waals surface area contributed by atoms with Crippen LogP contribution in [0.1, 0.15) is 24.1 Å². The number of ether oxygens (including phenoxy) is 2. The Labute approximate surface area is 117 Å². The van der Waals surface area contributed by atoms with Gasteiger partial charge in [-0.15, -0.1) is 0 Å². The first-order valence-electron chi connectivity index (χ1n) is 6.43. The van der Waals surface area contributed by atoms with E-state index < -0.39 is 11.7 Å². The van der Waals surface area contributed by atoms with E-state index in [9.17, 15) is 13.2 Å². The van der Waals surface area contributed by atoms with Crippen LogP contribution < -0.4 is 5.32 Å². The van der Waals surface area contributed by atoms with Crippen molar-refractivity contribution in [1.29, 1.82) is 0 Å². The number of alkyl halides is 3.